The molecule has 0 aromatic heterocycles. The number of aliphatic hydroxyl groups excluding tert-OH is 5. The number of rotatable bonds is 49. The average molecular weight is 924 g/mol. The van der Waals surface area contributed by atoms with Gasteiger partial charge in [-0.15, -0.1) is 0 Å². The summed E-state index contributed by atoms with van der Waals surface area (Å²) in [7, 11) is 0. The van der Waals surface area contributed by atoms with Crippen molar-refractivity contribution < 1.29 is 39.8 Å². The second kappa shape index (κ2) is 46.6. The number of carbonyl (C=O) groups excluding carboxylic acids is 1. The molecule has 386 valence electrons. The second-order valence-electron chi connectivity index (χ2n) is 20.1. The summed E-state index contributed by atoms with van der Waals surface area (Å²) in [4.78, 5) is 13.0. The number of hydrogen-bond donors (Lipinski definition) is 6. The van der Waals surface area contributed by atoms with Gasteiger partial charge in [0.1, 0.15) is 24.4 Å². The van der Waals surface area contributed by atoms with Crippen LogP contribution in [-0.4, -0.2) is 87.5 Å². The lowest BCUT2D eigenvalue weighted by atomic mass is 9.99. The summed E-state index contributed by atoms with van der Waals surface area (Å²) in [6.45, 7) is 3.82. The molecule has 0 spiro atoms. The van der Waals surface area contributed by atoms with Gasteiger partial charge in [0.25, 0.3) is 0 Å². The number of hydrogen-bond acceptors (Lipinski definition) is 8. The number of unbranched alkanes of at least 4 members (excludes halogenated alkanes) is 39. The maximum atomic E-state index is 13.0. The third kappa shape index (κ3) is 36.6. The summed E-state index contributed by atoms with van der Waals surface area (Å²) in [5.74, 6) is -0.170. The van der Waals surface area contributed by atoms with Gasteiger partial charge in [-0.25, -0.2) is 0 Å². The van der Waals surface area contributed by atoms with Crippen molar-refractivity contribution in [2.45, 2.75) is 326 Å². The number of allylic oxidation sites excluding steroid dienone is 1. The molecule has 1 saturated heterocycles. The SMILES string of the molecule is CCCCCCCCCCCCCCCCC/C=C/[C@@H](O)[C@H](CO[C@@H]1O[C@H](CO)[C@@H](O)C(O)C1O)NC(=O)CCCCCCCCCCCCCCCCCCCCCCCCCCC. The number of aliphatic hydroxyl groups is 5. The van der Waals surface area contributed by atoms with Crippen LogP contribution in [0, 0.1) is 0 Å². The van der Waals surface area contributed by atoms with Gasteiger partial charge in [-0.3, -0.25) is 4.79 Å². The molecule has 65 heavy (non-hydrogen) atoms. The molecule has 6 N–H and O–H groups in total. The zero-order valence-corrected chi connectivity index (χ0v) is 42.8. The van der Waals surface area contributed by atoms with Gasteiger partial charge < -0.3 is 40.3 Å². The zero-order chi connectivity index (χ0) is 47.3. The van der Waals surface area contributed by atoms with Crippen LogP contribution in [0.15, 0.2) is 12.2 Å². The van der Waals surface area contributed by atoms with E-state index >= 15 is 0 Å². The Balaban J connectivity index is 2.20. The zero-order valence-electron chi connectivity index (χ0n) is 42.8. The summed E-state index contributed by atoms with van der Waals surface area (Å²) in [6, 6.07) is -0.800. The van der Waals surface area contributed by atoms with Crippen molar-refractivity contribution in [1.29, 1.82) is 0 Å². The van der Waals surface area contributed by atoms with Crippen molar-refractivity contribution in [1.82, 2.24) is 5.32 Å². The van der Waals surface area contributed by atoms with Gasteiger partial charge in [-0.1, -0.05) is 270 Å². The summed E-state index contributed by atoms with van der Waals surface area (Å²) in [5, 5.41) is 54.5. The molecule has 0 saturated carbocycles. The van der Waals surface area contributed by atoms with Crippen molar-refractivity contribution in [2.24, 2.45) is 0 Å². The largest absolute Gasteiger partial charge is 0.394 e. The van der Waals surface area contributed by atoms with Crippen molar-refractivity contribution >= 4 is 5.91 Å². The van der Waals surface area contributed by atoms with E-state index in [1.807, 2.05) is 6.08 Å². The Morgan fingerprint density at radius 1 is 0.508 bits per heavy atom. The molecule has 0 aliphatic carbocycles. The number of amides is 1. The van der Waals surface area contributed by atoms with Crippen LogP contribution in [0.25, 0.3) is 0 Å². The Hall–Kier alpha value is -1.07. The van der Waals surface area contributed by atoms with E-state index < -0.39 is 49.5 Å². The molecule has 0 aromatic rings. The number of ether oxygens (including phenoxy) is 2. The topological polar surface area (TPSA) is 149 Å². The third-order valence-electron chi connectivity index (χ3n) is 13.9. The van der Waals surface area contributed by atoms with E-state index in [2.05, 4.69) is 19.2 Å². The molecule has 9 nitrogen and oxygen atoms in total. The standard InChI is InChI=1S/C56H109NO8/c1-3-5-7-9-11-13-15-17-19-21-22-23-24-25-26-27-28-30-32-34-36-38-40-42-44-46-52(60)57-49(48-64-56-55(63)54(62)53(61)51(47-58)65-56)50(59)45-43-41-39-37-35-33-31-29-20-18-16-14-12-10-8-6-4-2/h43,45,49-51,53-56,58-59,61-63H,3-42,44,46-48H2,1-2H3,(H,57,60)/b45-43+/t49-,50+,51+,53+,54?,55?,56+/m0/s1. The first kappa shape index (κ1) is 61.9. The number of nitrogens with one attached hydrogen (secondary N) is 1. The van der Waals surface area contributed by atoms with Crippen LogP contribution in [0.2, 0.25) is 0 Å². The maximum Gasteiger partial charge on any atom is 0.220 e. The molecule has 0 bridgehead atoms. The Morgan fingerprint density at radius 3 is 1.20 bits per heavy atom. The maximum absolute atomic E-state index is 13.0. The van der Waals surface area contributed by atoms with E-state index in [9.17, 15) is 30.3 Å². The summed E-state index contributed by atoms with van der Waals surface area (Å²) in [6.07, 6.45) is 49.9. The monoisotopic (exact) mass is 924 g/mol. The molecule has 1 heterocycles. The molecule has 1 fully saturated rings. The van der Waals surface area contributed by atoms with E-state index in [1.54, 1.807) is 6.08 Å². The van der Waals surface area contributed by atoms with Crippen molar-refractivity contribution in [2.75, 3.05) is 13.2 Å². The highest BCUT2D eigenvalue weighted by Crippen LogP contribution is 2.23. The average Bonchev–Trinajstić information content (AvgIpc) is 3.31. The van der Waals surface area contributed by atoms with E-state index in [4.69, 9.17) is 9.47 Å². The van der Waals surface area contributed by atoms with Gasteiger partial charge in [0.15, 0.2) is 6.29 Å². The molecule has 9 heteroatoms. The van der Waals surface area contributed by atoms with Crippen LogP contribution in [-0.2, 0) is 14.3 Å². The smallest absolute Gasteiger partial charge is 0.220 e. The first-order chi connectivity index (χ1) is 31.8. The van der Waals surface area contributed by atoms with Crippen molar-refractivity contribution in [3.63, 3.8) is 0 Å². The minimum atomic E-state index is -1.56. The third-order valence-corrected chi connectivity index (χ3v) is 13.9. The molecule has 0 aromatic carbocycles. The molecule has 1 amide bonds. The number of carbonyl (C=O) groups is 1. The van der Waals surface area contributed by atoms with Gasteiger partial charge in [-0.05, 0) is 19.3 Å². The fourth-order valence-electron chi connectivity index (χ4n) is 9.34. The molecule has 1 aliphatic rings. The van der Waals surface area contributed by atoms with Gasteiger partial charge in [-0.2, -0.15) is 0 Å². The van der Waals surface area contributed by atoms with Crippen LogP contribution in [0.5, 0.6) is 0 Å². The first-order valence-electron chi connectivity index (χ1n) is 28.4. The minimum Gasteiger partial charge on any atom is -0.394 e. The van der Waals surface area contributed by atoms with E-state index in [-0.39, 0.29) is 12.5 Å². The summed E-state index contributed by atoms with van der Waals surface area (Å²) in [5.41, 5.74) is 0. The van der Waals surface area contributed by atoms with Crippen molar-refractivity contribution in [3.05, 3.63) is 12.2 Å². The van der Waals surface area contributed by atoms with Gasteiger partial charge >= 0.3 is 0 Å². The van der Waals surface area contributed by atoms with Crippen LogP contribution >= 0.6 is 0 Å². The molecular formula is C56H109NO8. The fraction of sp³-hybridized carbons (Fsp3) is 0.946. The molecule has 0 radical (unpaired) electrons. The lowest BCUT2D eigenvalue weighted by Crippen LogP contribution is -2.60. The minimum absolute atomic E-state index is 0.170. The quantitative estimate of drug-likeness (QED) is 0.0261. The normalized spacial score (nSPS) is 19.9. The van der Waals surface area contributed by atoms with Gasteiger partial charge in [0.2, 0.25) is 5.91 Å². The fourth-order valence-corrected chi connectivity index (χ4v) is 9.34. The van der Waals surface area contributed by atoms with Gasteiger partial charge in [0.05, 0.1) is 25.4 Å². The molecular weight excluding hydrogens is 815 g/mol. The predicted molar refractivity (Wildman–Crippen MR) is 272 cm³/mol. The Bertz CT molecular complexity index is 1030. The molecule has 1 aliphatic heterocycles. The summed E-state index contributed by atoms with van der Waals surface area (Å²) >= 11 is 0. The van der Waals surface area contributed by atoms with Gasteiger partial charge in [0, 0.05) is 6.42 Å². The van der Waals surface area contributed by atoms with Crippen LogP contribution in [0.1, 0.15) is 284 Å². The highest BCUT2D eigenvalue weighted by molar-refractivity contribution is 5.76. The van der Waals surface area contributed by atoms with E-state index in [1.165, 1.54) is 225 Å². The van der Waals surface area contributed by atoms with E-state index in [0.29, 0.717) is 6.42 Å². The van der Waals surface area contributed by atoms with Crippen LogP contribution in [0.4, 0.5) is 0 Å². The highest BCUT2D eigenvalue weighted by atomic mass is 16.7. The lowest BCUT2D eigenvalue weighted by molar-refractivity contribution is -0.302. The highest BCUT2D eigenvalue weighted by Gasteiger charge is 2.44. The molecule has 2 unspecified atom stereocenters. The van der Waals surface area contributed by atoms with Crippen molar-refractivity contribution in [3.8, 4) is 0 Å². The predicted octanol–water partition coefficient (Wildman–Crippen LogP) is 13.6. The Labute approximate surface area is 401 Å². The molecule has 7 atom stereocenters. The second-order valence-corrected chi connectivity index (χ2v) is 20.1. The Morgan fingerprint density at radius 2 is 0.846 bits per heavy atom. The molecule has 1 rings (SSSR count). The summed E-state index contributed by atoms with van der Waals surface area (Å²) < 4.78 is 11.3. The lowest BCUT2D eigenvalue weighted by Gasteiger charge is -2.40. The first-order valence-corrected chi connectivity index (χ1v) is 28.4. The van der Waals surface area contributed by atoms with Crippen LogP contribution < -0.4 is 5.32 Å². The van der Waals surface area contributed by atoms with E-state index in [0.717, 1.165) is 38.5 Å². The van der Waals surface area contributed by atoms with Crippen LogP contribution in [0.3, 0.4) is 0 Å². The Kier molecular flexibility index (Phi) is 44.5.